The van der Waals surface area contributed by atoms with E-state index in [1.165, 1.54) is 0 Å². The molecule has 0 fully saturated rings. The van der Waals surface area contributed by atoms with Crippen molar-refractivity contribution in [3.8, 4) is 0 Å². The second-order valence-electron chi connectivity index (χ2n) is 5.00. The summed E-state index contributed by atoms with van der Waals surface area (Å²) in [5, 5.41) is 2.21. The Morgan fingerprint density at radius 3 is 2.43 bits per heavy atom. The summed E-state index contributed by atoms with van der Waals surface area (Å²) in [6.07, 6.45) is 0.0401. The number of benzene rings is 2. The average Bonchev–Trinajstić information content (AvgIpc) is 2.50. The molecule has 0 radical (unpaired) electrons. The molecule has 0 aliphatic rings. The van der Waals surface area contributed by atoms with Gasteiger partial charge in [0.2, 0.25) is 0 Å². The van der Waals surface area contributed by atoms with E-state index >= 15 is 0 Å². The lowest BCUT2D eigenvalue weighted by molar-refractivity contribution is -0.146. The predicted molar refractivity (Wildman–Crippen MR) is 80.8 cm³/mol. The molecule has 2 aromatic carbocycles. The maximum Gasteiger partial charge on any atom is 0.310 e. The van der Waals surface area contributed by atoms with E-state index < -0.39 is 30.1 Å². The van der Waals surface area contributed by atoms with Crippen molar-refractivity contribution >= 4 is 17.6 Å². The molecule has 0 bridgehead atoms. The molecule has 0 spiro atoms. The molecule has 0 atom stereocenters. The third-order valence-corrected chi connectivity index (χ3v) is 3.04. The molecule has 4 nitrogen and oxygen atoms in total. The van der Waals surface area contributed by atoms with Gasteiger partial charge >= 0.3 is 5.97 Å². The van der Waals surface area contributed by atoms with E-state index in [-0.39, 0.29) is 12.1 Å². The van der Waals surface area contributed by atoms with Gasteiger partial charge in [-0.05, 0) is 24.6 Å². The number of halogens is 2. The van der Waals surface area contributed by atoms with Crippen molar-refractivity contribution in [2.45, 2.75) is 13.3 Å². The van der Waals surface area contributed by atoms with Gasteiger partial charge in [0.05, 0.1) is 12.1 Å². The first kappa shape index (κ1) is 16.6. The Hall–Kier alpha value is -2.76. The van der Waals surface area contributed by atoms with Crippen LogP contribution in [0.15, 0.2) is 42.5 Å². The Bertz CT molecular complexity index is 714. The molecule has 0 aromatic heterocycles. The summed E-state index contributed by atoms with van der Waals surface area (Å²) in [6.45, 7) is 1.39. The van der Waals surface area contributed by atoms with Crippen LogP contribution in [-0.4, -0.2) is 18.5 Å². The van der Waals surface area contributed by atoms with Crippen molar-refractivity contribution in [3.63, 3.8) is 0 Å². The predicted octanol–water partition coefficient (Wildman–Crippen LogP) is 3.00. The van der Waals surface area contributed by atoms with Crippen LogP contribution in [-0.2, 0) is 20.7 Å². The molecule has 0 saturated carbocycles. The van der Waals surface area contributed by atoms with Gasteiger partial charge in [0.15, 0.2) is 6.61 Å². The Balaban J connectivity index is 1.81. The zero-order valence-electron chi connectivity index (χ0n) is 12.4. The monoisotopic (exact) mass is 319 g/mol. The molecule has 0 saturated heterocycles. The second kappa shape index (κ2) is 7.49. The summed E-state index contributed by atoms with van der Waals surface area (Å²) in [6, 6.07) is 10.1. The van der Waals surface area contributed by atoms with E-state index in [9.17, 15) is 18.4 Å². The standard InChI is InChI=1S/C17H15F2NO3/c1-11-2-4-12(5-3-11)8-17(22)23-10-16(21)20-15-7-6-13(18)9-14(15)19/h2-7,9H,8,10H2,1H3,(H,20,21). The van der Waals surface area contributed by atoms with Crippen LogP contribution in [0.25, 0.3) is 0 Å². The number of carbonyl (C=O) groups is 2. The molecule has 1 N–H and O–H groups in total. The van der Waals surface area contributed by atoms with Gasteiger partial charge in [-0.25, -0.2) is 8.78 Å². The van der Waals surface area contributed by atoms with Gasteiger partial charge in [0, 0.05) is 6.07 Å². The van der Waals surface area contributed by atoms with Gasteiger partial charge in [-0.3, -0.25) is 9.59 Å². The molecule has 2 rings (SSSR count). The van der Waals surface area contributed by atoms with Crippen molar-refractivity contribution < 1.29 is 23.1 Å². The minimum Gasteiger partial charge on any atom is -0.455 e. The molecule has 23 heavy (non-hydrogen) atoms. The number of aryl methyl sites for hydroxylation is 1. The first-order valence-electron chi connectivity index (χ1n) is 6.90. The lowest BCUT2D eigenvalue weighted by Gasteiger charge is -2.07. The molecule has 120 valence electrons. The number of nitrogens with one attached hydrogen (secondary N) is 1. The summed E-state index contributed by atoms with van der Waals surface area (Å²) in [7, 11) is 0. The molecular formula is C17H15F2NO3. The van der Waals surface area contributed by atoms with Crippen LogP contribution in [0.2, 0.25) is 0 Å². The lowest BCUT2D eigenvalue weighted by Crippen LogP contribution is -2.22. The molecule has 0 aliphatic carbocycles. The fraction of sp³-hybridized carbons (Fsp3) is 0.176. The Kier molecular flexibility index (Phi) is 5.41. The maximum atomic E-state index is 13.4. The highest BCUT2D eigenvalue weighted by Crippen LogP contribution is 2.14. The quantitative estimate of drug-likeness (QED) is 0.862. The van der Waals surface area contributed by atoms with Gasteiger partial charge in [-0.1, -0.05) is 29.8 Å². The summed E-state index contributed by atoms with van der Waals surface area (Å²) in [5.41, 5.74) is 1.67. The molecule has 0 aliphatic heterocycles. The van der Waals surface area contributed by atoms with Crippen molar-refractivity contribution in [2.75, 3.05) is 11.9 Å². The minimum absolute atomic E-state index is 0.0401. The summed E-state index contributed by atoms with van der Waals surface area (Å²) in [5.74, 6) is -2.91. The summed E-state index contributed by atoms with van der Waals surface area (Å²) in [4.78, 5) is 23.2. The molecule has 6 heteroatoms. The van der Waals surface area contributed by atoms with Crippen molar-refractivity contribution in [1.82, 2.24) is 0 Å². The van der Waals surface area contributed by atoms with E-state index in [4.69, 9.17) is 4.74 Å². The number of esters is 1. The fourth-order valence-corrected chi connectivity index (χ4v) is 1.85. The van der Waals surface area contributed by atoms with Crippen molar-refractivity contribution in [3.05, 3.63) is 65.2 Å². The number of anilines is 1. The van der Waals surface area contributed by atoms with Crippen LogP contribution < -0.4 is 5.32 Å². The van der Waals surface area contributed by atoms with Gasteiger partial charge in [-0.15, -0.1) is 0 Å². The fourth-order valence-electron chi connectivity index (χ4n) is 1.85. The minimum atomic E-state index is -0.899. The number of rotatable bonds is 5. The normalized spacial score (nSPS) is 10.2. The maximum absolute atomic E-state index is 13.4. The number of hydrogen-bond donors (Lipinski definition) is 1. The highest BCUT2D eigenvalue weighted by molar-refractivity contribution is 5.93. The van der Waals surface area contributed by atoms with Crippen LogP contribution in [0, 0.1) is 18.6 Å². The Morgan fingerprint density at radius 2 is 1.78 bits per heavy atom. The van der Waals surface area contributed by atoms with E-state index in [2.05, 4.69) is 5.32 Å². The number of hydrogen-bond acceptors (Lipinski definition) is 3. The lowest BCUT2D eigenvalue weighted by atomic mass is 10.1. The zero-order valence-corrected chi connectivity index (χ0v) is 12.4. The number of amides is 1. The van der Waals surface area contributed by atoms with Crippen LogP contribution in [0.5, 0.6) is 0 Å². The topological polar surface area (TPSA) is 55.4 Å². The first-order chi connectivity index (χ1) is 10.9. The molecular weight excluding hydrogens is 304 g/mol. The van der Waals surface area contributed by atoms with E-state index in [1.54, 1.807) is 12.1 Å². The van der Waals surface area contributed by atoms with E-state index in [1.807, 2.05) is 19.1 Å². The zero-order chi connectivity index (χ0) is 16.8. The first-order valence-corrected chi connectivity index (χ1v) is 6.90. The molecule has 0 unspecified atom stereocenters. The number of ether oxygens (including phenoxy) is 1. The van der Waals surface area contributed by atoms with Gasteiger partial charge in [0.25, 0.3) is 5.91 Å². The van der Waals surface area contributed by atoms with Crippen molar-refractivity contribution in [1.29, 1.82) is 0 Å². The molecule has 2 aromatic rings. The molecule has 0 heterocycles. The van der Waals surface area contributed by atoms with Crippen LogP contribution in [0.1, 0.15) is 11.1 Å². The van der Waals surface area contributed by atoms with Gasteiger partial charge in [-0.2, -0.15) is 0 Å². The smallest absolute Gasteiger partial charge is 0.310 e. The van der Waals surface area contributed by atoms with Crippen molar-refractivity contribution in [2.24, 2.45) is 0 Å². The van der Waals surface area contributed by atoms with Crippen LogP contribution in [0.3, 0.4) is 0 Å². The van der Waals surface area contributed by atoms with Gasteiger partial charge in [0.1, 0.15) is 11.6 Å². The number of carbonyl (C=O) groups excluding carboxylic acids is 2. The van der Waals surface area contributed by atoms with E-state index in [0.29, 0.717) is 6.07 Å². The summed E-state index contributed by atoms with van der Waals surface area (Å²) < 4.78 is 30.9. The second-order valence-corrected chi connectivity index (χ2v) is 5.00. The average molecular weight is 319 g/mol. The molecule has 1 amide bonds. The van der Waals surface area contributed by atoms with Crippen LogP contribution >= 0.6 is 0 Å². The van der Waals surface area contributed by atoms with Gasteiger partial charge < -0.3 is 10.1 Å². The largest absolute Gasteiger partial charge is 0.455 e. The highest BCUT2D eigenvalue weighted by atomic mass is 19.1. The Labute approximate surface area is 132 Å². The SMILES string of the molecule is Cc1ccc(CC(=O)OCC(=O)Nc2ccc(F)cc2F)cc1. The third kappa shape index (κ3) is 5.18. The third-order valence-electron chi connectivity index (χ3n) is 3.04. The van der Waals surface area contributed by atoms with E-state index in [0.717, 1.165) is 23.3 Å². The van der Waals surface area contributed by atoms with Crippen LogP contribution in [0.4, 0.5) is 14.5 Å². The highest BCUT2D eigenvalue weighted by Gasteiger charge is 2.11. The summed E-state index contributed by atoms with van der Waals surface area (Å²) >= 11 is 0. The Morgan fingerprint density at radius 1 is 1.09 bits per heavy atom.